The van der Waals surface area contributed by atoms with Crippen LogP contribution >= 0.6 is 0 Å². The average Bonchev–Trinajstić information content (AvgIpc) is 2.20. The van der Waals surface area contributed by atoms with Crippen LogP contribution in [0.1, 0.15) is 13.3 Å². The predicted octanol–water partition coefficient (Wildman–Crippen LogP) is 1.42. The predicted molar refractivity (Wildman–Crippen MR) is 40.0 cm³/mol. The average molecular weight is 138 g/mol. The van der Waals surface area contributed by atoms with Crippen molar-refractivity contribution >= 4 is 12.2 Å². The zero-order chi connectivity index (χ0) is 7.56. The van der Waals surface area contributed by atoms with Gasteiger partial charge in [-0.1, -0.05) is 13.0 Å². The van der Waals surface area contributed by atoms with E-state index in [4.69, 9.17) is 0 Å². The van der Waals surface area contributed by atoms with Crippen LogP contribution in [0, 0.1) is 0 Å². The second-order valence-electron chi connectivity index (χ2n) is 2.14. The molecule has 10 heavy (non-hydrogen) atoms. The summed E-state index contributed by atoms with van der Waals surface area (Å²) in [6.07, 6.45) is 4.49. The van der Waals surface area contributed by atoms with Crippen molar-refractivity contribution in [3.05, 3.63) is 11.8 Å². The molecule has 2 amide bonds. The normalized spacial score (nSPS) is 21.2. The summed E-state index contributed by atoms with van der Waals surface area (Å²) in [4.78, 5) is 15.9. The fourth-order valence-corrected chi connectivity index (χ4v) is 0.804. The van der Waals surface area contributed by atoms with Crippen LogP contribution in [0.4, 0.5) is 4.79 Å². The molecule has 3 heteroatoms. The van der Waals surface area contributed by atoms with E-state index in [2.05, 4.69) is 4.99 Å². The maximum Gasteiger partial charge on any atom is 0.347 e. The maximum atomic E-state index is 10.7. The first kappa shape index (κ1) is 6.99. The second kappa shape index (κ2) is 2.64. The van der Waals surface area contributed by atoms with E-state index in [-0.39, 0.29) is 6.03 Å². The van der Waals surface area contributed by atoms with Crippen molar-refractivity contribution in [2.24, 2.45) is 4.99 Å². The van der Waals surface area contributed by atoms with Gasteiger partial charge in [0.25, 0.3) is 0 Å². The van der Waals surface area contributed by atoms with E-state index in [1.54, 1.807) is 13.3 Å². The highest BCUT2D eigenvalue weighted by Gasteiger charge is 2.15. The standard InChI is InChI=1S/C7H10N2O/c1-3-4-6-5-8-7(10)9(6)2/h4-5H,3H2,1-2H3/b6-4-. The minimum atomic E-state index is -0.181. The molecule has 3 nitrogen and oxygen atoms in total. The maximum absolute atomic E-state index is 10.7. The van der Waals surface area contributed by atoms with E-state index in [1.165, 1.54) is 4.90 Å². The Morgan fingerprint density at radius 1 is 1.80 bits per heavy atom. The minimum absolute atomic E-state index is 0.181. The summed E-state index contributed by atoms with van der Waals surface area (Å²) >= 11 is 0. The summed E-state index contributed by atoms with van der Waals surface area (Å²) in [5, 5.41) is 0. The lowest BCUT2D eigenvalue weighted by Gasteiger charge is -2.06. The second-order valence-corrected chi connectivity index (χ2v) is 2.14. The number of rotatable bonds is 1. The molecule has 0 spiro atoms. The molecule has 0 aromatic carbocycles. The molecule has 0 aromatic heterocycles. The summed E-state index contributed by atoms with van der Waals surface area (Å²) in [6, 6.07) is -0.181. The highest BCUT2D eigenvalue weighted by molar-refractivity contribution is 5.99. The van der Waals surface area contributed by atoms with Gasteiger partial charge in [-0.2, -0.15) is 4.99 Å². The lowest BCUT2D eigenvalue weighted by molar-refractivity contribution is 0.233. The Morgan fingerprint density at radius 2 is 2.50 bits per heavy atom. The van der Waals surface area contributed by atoms with Gasteiger partial charge in [-0.15, -0.1) is 0 Å². The van der Waals surface area contributed by atoms with Crippen LogP contribution in [0.2, 0.25) is 0 Å². The number of amides is 2. The van der Waals surface area contributed by atoms with Gasteiger partial charge in [0.05, 0.1) is 11.9 Å². The molecule has 1 heterocycles. The Labute approximate surface area is 60.1 Å². The molecule has 0 aromatic rings. The van der Waals surface area contributed by atoms with Crippen molar-refractivity contribution in [1.29, 1.82) is 0 Å². The summed E-state index contributed by atoms with van der Waals surface area (Å²) in [5.41, 5.74) is 0.896. The minimum Gasteiger partial charge on any atom is -0.294 e. The van der Waals surface area contributed by atoms with Gasteiger partial charge in [0.2, 0.25) is 0 Å². The fraction of sp³-hybridized carbons (Fsp3) is 0.429. The van der Waals surface area contributed by atoms with Crippen LogP contribution in [-0.2, 0) is 0 Å². The Morgan fingerprint density at radius 3 is 2.90 bits per heavy atom. The number of carbonyl (C=O) groups is 1. The van der Waals surface area contributed by atoms with Gasteiger partial charge in [-0.3, -0.25) is 4.90 Å². The van der Waals surface area contributed by atoms with Crippen molar-refractivity contribution in [1.82, 2.24) is 4.90 Å². The summed E-state index contributed by atoms with van der Waals surface area (Å²) in [5.74, 6) is 0. The van der Waals surface area contributed by atoms with Gasteiger partial charge < -0.3 is 0 Å². The highest BCUT2D eigenvalue weighted by Crippen LogP contribution is 2.08. The molecule has 0 N–H and O–H groups in total. The van der Waals surface area contributed by atoms with Crippen LogP contribution < -0.4 is 0 Å². The number of nitrogens with zero attached hydrogens (tertiary/aromatic N) is 2. The first-order chi connectivity index (χ1) is 4.75. The molecule has 0 unspecified atom stereocenters. The van der Waals surface area contributed by atoms with E-state index in [9.17, 15) is 4.79 Å². The van der Waals surface area contributed by atoms with Crippen LogP contribution in [0.15, 0.2) is 16.8 Å². The third-order valence-corrected chi connectivity index (χ3v) is 1.39. The van der Waals surface area contributed by atoms with E-state index >= 15 is 0 Å². The molecule has 0 saturated carbocycles. The van der Waals surface area contributed by atoms with Crippen molar-refractivity contribution in [3.8, 4) is 0 Å². The Hall–Kier alpha value is -1.12. The molecule has 0 saturated heterocycles. The number of allylic oxidation sites excluding steroid dienone is 2. The van der Waals surface area contributed by atoms with E-state index in [1.807, 2.05) is 13.0 Å². The molecule has 0 atom stereocenters. The Kier molecular flexibility index (Phi) is 1.85. The van der Waals surface area contributed by atoms with E-state index < -0.39 is 0 Å². The molecule has 54 valence electrons. The van der Waals surface area contributed by atoms with Crippen LogP contribution in [0.25, 0.3) is 0 Å². The van der Waals surface area contributed by atoms with Crippen molar-refractivity contribution in [3.63, 3.8) is 0 Å². The topological polar surface area (TPSA) is 32.7 Å². The van der Waals surface area contributed by atoms with Gasteiger partial charge >= 0.3 is 6.03 Å². The van der Waals surface area contributed by atoms with Crippen molar-refractivity contribution in [2.45, 2.75) is 13.3 Å². The van der Waals surface area contributed by atoms with Gasteiger partial charge in [0.1, 0.15) is 0 Å². The zero-order valence-electron chi connectivity index (χ0n) is 6.16. The van der Waals surface area contributed by atoms with Crippen LogP contribution in [0.5, 0.6) is 0 Å². The molecule has 1 rings (SSSR count). The van der Waals surface area contributed by atoms with Crippen LogP contribution in [-0.4, -0.2) is 24.2 Å². The van der Waals surface area contributed by atoms with E-state index in [0.717, 1.165) is 12.1 Å². The SMILES string of the molecule is CC/C=C1/C=NC(=O)N1C. The van der Waals surface area contributed by atoms with Gasteiger partial charge in [0.15, 0.2) is 0 Å². The zero-order valence-corrected chi connectivity index (χ0v) is 6.16. The summed E-state index contributed by atoms with van der Waals surface area (Å²) in [6.45, 7) is 2.03. The summed E-state index contributed by atoms with van der Waals surface area (Å²) < 4.78 is 0. The number of hydrogen-bond donors (Lipinski definition) is 0. The fourth-order valence-electron chi connectivity index (χ4n) is 0.804. The monoisotopic (exact) mass is 138 g/mol. The molecule has 0 radical (unpaired) electrons. The molecule has 0 bridgehead atoms. The smallest absolute Gasteiger partial charge is 0.294 e. The largest absolute Gasteiger partial charge is 0.347 e. The summed E-state index contributed by atoms with van der Waals surface area (Å²) in [7, 11) is 1.72. The molecular formula is C7H10N2O. The molecular weight excluding hydrogens is 128 g/mol. The van der Waals surface area contributed by atoms with Crippen molar-refractivity contribution < 1.29 is 4.79 Å². The van der Waals surface area contributed by atoms with Crippen molar-refractivity contribution in [2.75, 3.05) is 7.05 Å². The molecule has 0 fully saturated rings. The Bertz CT molecular complexity index is 206. The van der Waals surface area contributed by atoms with E-state index in [0.29, 0.717) is 0 Å². The third-order valence-electron chi connectivity index (χ3n) is 1.39. The molecule has 1 aliphatic rings. The van der Waals surface area contributed by atoms with Crippen LogP contribution in [0.3, 0.4) is 0 Å². The number of hydrogen-bond acceptors (Lipinski definition) is 1. The highest BCUT2D eigenvalue weighted by atomic mass is 16.2. The Balaban J connectivity index is 2.75. The number of urea groups is 1. The van der Waals surface area contributed by atoms with Gasteiger partial charge in [-0.05, 0) is 6.42 Å². The first-order valence-electron chi connectivity index (χ1n) is 3.27. The quantitative estimate of drug-likeness (QED) is 0.539. The number of aliphatic imine (C=N–C) groups is 1. The first-order valence-corrected chi connectivity index (χ1v) is 3.27. The lowest BCUT2D eigenvalue weighted by atomic mass is 10.3. The number of carbonyl (C=O) groups excluding carboxylic acids is 1. The molecule has 0 aliphatic carbocycles. The van der Waals surface area contributed by atoms with Gasteiger partial charge in [0, 0.05) is 7.05 Å². The van der Waals surface area contributed by atoms with Gasteiger partial charge in [-0.25, -0.2) is 4.79 Å². The lowest BCUT2D eigenvalue weighted by Crippen LogP contribution is -2.16. The molecule has 1 aliphatic heterocycles. The third kappa shape index (κ3) is 1.07.